The molecule has 1 amide bonds. The number of carbonyl (C=O) groups is 1. The summed E-state index contributed by atoms with van der Waals surface area (Å²) < 4.78 is 0. The van der Waals surface area contributed by atoms with E-state index in [1.54, 1.807) is 25.2 Å². The molecule has 0 aliphatic rings. The normalized spacial score (nSPS) is 10.6. The van der Waals surface area contributed by atoms with Gasteiger partial charge in [0.2, 0.25) is 5.91 Å². The number of nitrogens with one attached hydrogen (secondary N) is 2. The van der Waals surface area contributed by atoms with Crippen LogP contribution in [0.3, 0.4) is 0 Å². The van der Waals surface area contributed by atoms with E-state index in [1.807, 2.05) is 19.9 Å². The van der Waals surface area contributed by atoms with Gasteiger partial charge in [-0.05, 0) is 32.0 Å². The lowest BCUT2D eigenvalue weighted by atomic mass is 9.92. The second kappa shape index (κ2) is 5.41. The molecule has 96 valence electrons. The van der Waals surface area contributed by atoms with Gasteiger partial charge in [0.25, 0.3) is 0 Å². The van der Waals surface area contributed by atoms with E-state index >= 15 is 0 Å². The molecule has 5 nitrogen and oxygen atoms in total. The molecule has 4 N–H and O–H groups in total. The van der Waals surface area contributed by atoms with Crippen LogP contribution in [-0.4, -0.2) is 19.5 Å². The first kappa shape index (κ1) is 13.8. The van der Waals surface area contributed by atoms with Crippen LogP contribution in [0.5, 0.6) is 0 Å². The lowest BCUT2D eigenvalue weighted by Gasteiger charge is -2.23. The van der Waals surface area contributed by atoms with E-state index in [4.69, 9.17) is 11.0 Å². The number of rotatable bonds is 4. The molecular weight excluding hydrogens is 228 g/mol. The molecule has 1 aromatic rings. The van der Waals surface area contributed by atoms with Gasteiger partial charge >= 0.3 is 0 Å². The van der Waals surface area contributed by atoms with Crippen LogP contribution in [0, 0.1) is 16.7 Å². The topological polar surface area (TPSA) is 90.9 Å². The Morgan fingerprint density at radius 2 is 2.17 bits per heavy atom. The van der Waals surface area contributed by atoms with Gasteiger partial charge in [-0.3, -0.25) is 4.79 Å². The highest BCUT2D eigenvalue weighted by molar-refractivity contribution is 5.82. The van der Waals surface area contributed by atoms with Gasteiger partial charge in [0.05, 0.1) is 11.0 Å². The first-order valence-electron chi connectivity index (χ1n) is 5.66. The SMILES string of the molecule is CNC(=O)C(C)(C)CNc1ccc(N)c(C#N)c1. The van der Waals surface area contributed by atoms with Crippen LogP contribution in [0.25, 0.3) is 0 Å². The Kier molecular flexibility index (Phi) is 4.16. The van der Waals surface area contributed by atoms with Crippen LogP contribution in [0.2, 0.25) is 0 Å². The van der Waals surface area contributed by atoms with E-state index < -0.39 is 5.41 Å². The van der Waals surface area contributed by atoms with Gasteiger partial charge in [-0.1, -0.05) is 0 Å². The van der Waals surface area contributed by atoms with Crippen molar-refractivity contribution in [2.24, 2.45) is 5.41 Å². The number of carbonyl (C=O) groups excluding carboxylic acids is 1. The van der Waals surface area contributed by atoms with E-state index in [2.05, 4.69) is 10.6 Å². The summed E-state index contributed by atoms with van der Waals surface area (Å²) >= 11 is 0. The zero-order valence-corrected chi connectivity index (χ0v) is 10.9. The highest BCUT2D eigenvalue weighted by atomic mass is 16.2. The van der Waals surface area contributed by atoms with Crippen LogP contribution in [0.15, 0.2) is 18.2 Å². The van der Waals surface area contributed by atoms with Gasteiger partial charge in [0.1, 0.15) is 6.07 Å². The monoisotopic (exact) mass is 246 g/mol. The molecule has 1 aromatic carbocycles. The molecule has 18 heavy (non-hydrogen) atoms. The maximum absolute atomic E-state index is 11.6. The number of hydrogen-bond acceptors (Lipinski definition) is 4. The summed E-state index contributed by atoms with van der Waals surface area (Å²) in [5.74, 6) is -0.0362. The number of anilines is 2. The fourth-order valence-electron chi connectivity index (χ4n) is 1.50. The Labute approximate surface area is 107 Å². The van der Waals surface area contributed by atoms with Crippen LogP contribution in [0.1, 0.15) is 19.4 Å². The molecule has 0 aromatic heterocycles. The van der Waals surface area contributed by atoms with Crippen LogP contribution in [-0.2, 0) is 4.79 Å². The second-order valence-corrected chi connectivity index (χ2v) is 4.73. The second-order valence-electron chi connectivity index (χ2n) is 4.73. The summed E-state index contributed by atoms with van der Waals surface area (Å²) in [5, 5.41) is 14.6. The average molecular weight is 246 g/mol. The largest absolute Gasteiger partial charge is 0.398 e. The Morgan fingerprint density at radius 1 is 1.50 bits per heavy atom. The first-order chi connectivity index (χ1) is 8.40. The maximum atomic E-state index is 11.6. The summed E-state index contributed by atoms with van der Waals surface area (Å²) in [5.41, 5.74) is 6.77. The summed E-state index contributed by atoms with van der Waals surface area (Å²) in [6, 6.07) is 7.16. The summed E-state index contributed by atoms with van der Waals surface area (Å²) in [6.07, 6.45) is 0. The third-order valence-corrected chi connectivity index (χ3v) is 2.75. The van der Waals surface area contributed by atoms with Crippen molar-refractivity contribution in [3.63, 3.8) is 0 Å². The lowest BCUT2D eigenvalue weighted by molar-refractivity contribution is -0.128. The summed E-state index contributed by atoms with van der Waals surface area (Å²) in [6.45, 7) is 4.17. The molecule has 0 atom stereocenters. The Bertz CT molecular complexity index is 488. The van der Waals surface area contributed by atoms with E-state index in [0.29, 0.717) is 17.8 Å². The molecular formula is C13H18N4O. The van der Waals surface area contributed by atoms with Gasteiger partial charge in [-0.2, -0.15) is 5.26 Å². The third kappa shape index (κ3) is 3.14. The zero-order chi connectivity index (χ0) is 13.8. The molecule has 0 unspecified atom stereocenters. The van der Waals surface area contributed by atoms with Crippen LogP contribution in [0.4, 0.5) is 11.4 Å². The van der Waals surface area contributed by atoms with Gasteiger partial charge in [-0.15, -0.1) is 0 Å². The predicted molar refractivity (Wildman–Crippen MR) is 71.9 cm³/mol. The minimum absolute atomic E-state index is 0.0362. The smallest absolute Gasteiger partial charge is 0.227 e. The maximum Gasteiger partial charge on any atom is 0.227 e. The first-order valence-corrected chi connectivity index (χ1v) is 5.66. The number of nitrogens with zero attached hydrogens (tertiary/aromatic N) is 1. The Morgan fingerprint density at radius 3 is 2.72 bits per heavy atom. The quantitative estimate of drug-likeness (QED) is 0.699. The van der Waals surface area contributed by atoms with E-state index in [9.17, 15) is 4.79 Å². The zero-order valence-electron chi connectivity index (χ0n) is 10.9. The van der Waals surface area contributed by atoms with Gasteiger partial charge in [0, 0.05) is 25.0 Å². The Hall–Kier alpha value is -2.22. The molecule has 0 aliphatic heterocycles. The van der Waals surface area contributed by atoms with Crippen molar-refractivity contribution in [1.82, 2.24) is 5.32 Å². The highest BCUT2D eigenvalue weighted by Crippen LogP contribution is 2.20. The van der Waals surface area contributed by atoms with Crippen LogP contribution < -0.4 is 16.4 Å². The van der Waals surface area contributed by atoms with Crippen molar-refractivity contribution in [2.45, 2.75) is 13.8 Å². The van der Waals surface area contributed by atoms with Crippen molar-refractivity contribution < 1.29 is 4.79 Å². The van der Waals surface area contributed by atoms with Crippen molar-refractivity contribution in [1.29, 1.82) is 5.26 Å². The van der Waals surface area contributed by atoms with E-state index in [-0.39, 0.29) is 5.91 Å². The van der Waals surface area contributed by atoms with E-state index in [1.165, 1.54) is 0 Å². The molecule has 0 saturated heterocycles. The van der Waals surface area contributed by atoms with Crippen molar-refractivity contribution in [3.8, 4) is 6.07 Å². The minimum atomic E-state index is -0.525. The number of nitrogens with two attached hydrogens (primary N) is 1. The number of amides is 1. The van der Waals surface area contributed by atoms with Gasteiger partial charge in [0.15, 0.2) is 0 Å². The fourth-order valence-corrected chi connectivity index (χ4v) is 1.50. The molecule has 5 heteroatoms. The number of nitriles is 1. The molecule has 1 rings (SSSR count). The highest BCUT2D eigenvalue weighted by Gasteiger charge is 2.26. The average Bonchev–Trinajstić information content (AvgIpc) is 2.36. The molecule has 0 heterocycles. The molecule has 0 saturated carbocycles. The number of benzene rings is 1. The Balaban J connectivity index is 2.76. The lowest BCUT2D eigenvalue weighted by Crippen LogP contribution is -2.39. The van der Waals surface area contributed by atoms with E-state index in [0.717, 1.165) is 5.69 Å². The molecule has 0 aliphatic carbocycles. The minimum Gasteiger partial charge on any atom is -0.398 e. The van der Waals surface area contributed by atoms with Gasteiger partial charge in [-0.25, -0.2) is 0 Å². The fraction of sp³-hybridized carbons (Fsp3) is 0.385. The number of nitrogen functional groups attached to an aromatic ring is 1. The standard InChI is InChI=1S/C13H18N4O/c1-13(2,12(18)16-3)8-17-10-4-5-11(15)9(6-10)7-14/h4-6,17H,8,15H2,1-3H3,(H,16,18). The van der Waals surface area contributed by atoms with Gasteiger partial charge < -0.3 is 16.4 Å². The summed E-state index contributed by atoms with van der Waals surface area (Å²) in [7, 11) is 1.61. The molecule has 0 spiro atoms. The van der Waals surface area contributed by atoms with Crippen LogP contribution >= 0.6 is 0 Å². The van der Waals surface area contributed by atoms with Crippen molar-refractivity contribution in [3.05, 3.63) is 23.8 Å². The predicted octanol–water partition coefficient (Wildman–Crippen LogP) is 1.32. The third-order valence-electron chi connectivity index (χ3n) is 2.75. The molecule has 0 fully saturated rings. The summed E-state index contributed by atoms with van der Waals surface area (Å²) in [4.78, 5) is 11.6. The van der Waals surface area contributed by atoms with Crippen molar-refractivity contribution in [2.75, 3.05) is 24.6 Å². The number of hydrogen-bond donors (Lipinski definition) is 3. The van der Waals surface area contributed by atoms with Crippen molar-refractivity contribution >= 4 is 17.3 Å². The molecule has 0 radical (unpaired) electrons. The molecule has 0 bridgehead atoms.